The van der Waals surface area contributed by atoms with Gasteiger partial charge in [-0.1, -0.05) is 13.8 Å². The van der Waals surface area contributed by atoms with Crippen LogP contribution in [0.4, 0.5) is 0 Å². The van der Waals surface area contributed by atoms with E-state index < -0.39 is 5.60 Å². The minimum Gasteiger partial charge on any atom is -0.389 e. The van der Waals surface area contributed by atoms with Crippen LogP contribution in [0.15, 0.2) is 12.3 Å². The molecule has 0 bridgehead atoms. The maximum atomic E-state index is 10.8. The van der Waals surface area contributed by atoms with Crippen molar-refractivity contribution < 1.29 is 5.11 Å². The zero-order chi connectivity index (χ0) is 13.3. The summed E-state index contributed by atoms with van der Waals surface area (Å²) in [6.07, 6.45) is 5.87. The van der Waals surface area contributed by atoms with Gasteiger partial charge >= 0.3 is 0 Å². The fraction of sp³-hybridized carbons (Fsp3) is 0.800. The molecule has 18 heavy (non-hydrogen) atoms. The minimum absolute atomic E-state index is 0.366. The zero-order valence-corrected chi connectivity index (χ0v) is 12.1. The molecule has 0 radical (unpaired) electrons. The van der Waals surface area contributed by atoms with Crippen LogP contribution in [0.1, 0.15) is 58.7 Å². The smallest absolute Gasteiger partial charge is 0.0729 e. The third-order valence-electron chi connectivity index (χ3n) is 4.42. The molecule has 3 heteroatoms. The van der Waals surface area contributed by atoms with Gasteiger partial charge in [-0.2, -0.15) is 5.10 Å². The van der Waals surface area contributed by atoms with Crippen molar-refractivity contribution in [2.24, 2.45) is 11.8 Å². The summed E-state index contributed by atoms with van der Waals surface area (Å²) in [7, 11) is 0. The minimum atomic E-state index is -0.553. The Kier molecular flexibility index (Phi) is 3.81. The monoisotopic (exact) mass is 250 g/mol. The summed E-state index contributed by atoms with van der Waals surface area (Å²) in [6, 6.07) is 2.43. The van der Waals surface area contributed by atoms with Gasteiger partial charge in [0.1, 0.15) is 0 Å². The Morgan fingerprint density at radius 2 is 2.22 bits per heavy atom. The molecule has 1 N–H and O–H groups in total. The normalized spacial score (nSPS) is 33.0. The molecule has 3 unspecified atom stereocenters. The molecule has 3 atom stereocenters. The molecule has 1 aliphatic rings. The summed E-state index contributed by atoms with van der Waals surface area (Å²) < 4.78 is 1.97. The van der Waals surface area contributed by atoms with Gasteiger partial charge in [0.05, 0.1) is 11.3 Å². The highest BCUT2D eigenvalue weighted by Crippen LogP contribution is 2.38. The van der Waals surface area contributed by atoms with Gasteiger partial charge < -0.3 is 5.11 Å². The van der Waals surface area contributed by atoms with Crippen molar-refractivity contribution in [2.45, 2.75) is 65.0 Å². The highest BCUT2D eigenvalue weighted by molar-refractivity contribution is 5.06. The van der Waals surface area contributed by atoms with Crippen LogP contribution in [0.3, 0.4) is 0 Å². The Morgan fingerprint density at radius 1 is 1.50 bits per heavy atom. The van der Waals surface area contributed by atoms with Gasteiger partial charge in [0.25, 0.3) is 0 Å². The van der Waals surface area contributed by atoms with E-state index in [1.165, 1.54) is 0 Å². The maximum absolute atomic E-state index is 10.8. The van der Waals surface area contributed by atoms with Crippen molar-refractivity contribution in [1.82, 2.24) is 9.78 Å². The fourth-order valence-corrected chi connectivity index (χ4v) is 3.02. The van der Waals surface area contributed by atoms with Crippen molar-refractivity contribution in [2.75, 3.05) is 0 Å². The molecule has 1 fully saturated rings. The summed E-state index contributed by atoms with van der Waals surface area (Å²) in [6.45, 7) is 8.70. The van der Waals surface area contributed by atoms with E-state index in [0.29, 0.717) is 18.4 Å². The lowest BCUT2D eigenvalue weighted by Gasteiger charge is -2.40. The van der Waals surface area contributed by atoms with E-state index in [2.05, 4.69) is 32.8 Å². The molecule has 1 aromatic rings. The van der Waals surface area contributed by atoms with E-state index in [1.54, 1.807) is 0 Å². The van der Waals surface area contributed by atoms with Gasteiger partial charge in [0, 0.05) is 18.7 Å². The second kappa shape index (κ2) is 5.04. The first kappa shape index (κ1) is 13.6. The van der Waals surface area contributed by atoms with Crippen molar-refractivity contribution >= 4 is 0 Å². The fourth-order valence-electron chi connectivity index (χ4n) is 3.02. The van der Waals surface area contributed by atoms with Crippen molar-refractivity contribution in [3.63, 3.8) is 0 Å². The third kappa shape index (κ3) is 2.77. The number of hydrogen-bond donors (Lipinski definition) is 1. The van der Waals surface area contributed by atoms with Gasteiger partial charge in [-0.3, -0.25) is 4.68 Å². The van der Waals surface area contributed by atoms with E-state index in [4.69, 9.17) is 0 Å². The molecule has 0 aliphatic heterocycles. The lowest BCUT2D eigenvalue weighted by atomic mass is 9.70. The largest absolute Gasteiger partial charge is 0.389 e. The molecule has 1 heterocycles. The van der Waals surface area contributed by atoms with Gasteiger partial charge in [-0.15, -0.1) is 0 Å². The van der Waals surface area contributed by atoms with Gasteiger partial charge in [0.2, 0.25) is 0 Å². The number of nitrogens with zero attached hydrogens (tertiary/aromatic N) is 2. The van der Waals surface area contributed by atoms with Crippen molar-refractivity contribution in [3.8, 4) is 0 Å². The topological polar surface area (TPSA) is 38.0 Å². The van der Waals surface area contributed by atoms with Gasteiger partial charge in [0.15, 0.2) is 0 Å². The lowest BCUT2D eigenvalue weighted by molar-refractivity contribution is -0.0529. The summed E-state index contributed by atoms with van der Waals surface area (Å²) >= 11 is 0. The Labute approximate surface area is 110 Å². The van der Waals surface area contributed by atoms with Gasteiger partial charge in [-0.05, 0) is 51.0 Å². The second-order valence-corrected chi connectivity index (χ2v) is 6.44. The quantitative estimate of drug-likeness (QED) is 0.894. The molecule has 1 saturated carbocycles. The average molecular weight is 250 g/mol. The van der Waals surface area contributed by atoms with Crippen LogP contribution in [0, 0.1) is 11.8 Å². The molecule has 2 rings (SSSR count). The Morgan fingerprint density at radius 3 is 2.78 bits per heavy atom. The molecule has 3 nitrogen and oxygen atoms in total. The van der Waals surface area contributed by atoms with E-state index in [9.17, 15) is 5.11 Å². The number of aromatic nitrogens is 2. The molecule has 0 saturated heterocycles. The van der Waals surface area contributed by atoms with Crippen LogP contribution < -0.4 is 0 Å². The molecule has 0 aromatic carbocycles. The Balaban J connectivity index is 2.07. The van der Waals surface area contributed by atoms with E-state index in [-0.39, 0.29) is 0 Å². The SMILES string of the molecule is CC1CCC(O)(Cc2ccn(C(C)C)n2)C(C)C1. The summed E-state index contributed by atoms with van der Waals surface area (Å²) in [5.74, 6) is 1.11. The highest BCUT2D eigenvalue weighted by atomic mass is 16.3. The van der Waals surface area contributed by atoms with Crippen LogP contribution in [-0.4, -0.2) is 20.5 Å². The standard InChI is InChI=1S/C15H26N2O/c1-11(2)17-8-6-14(16-17)10-15(18)7-5-12(3)9-13(15)4/h6,8,11-13,18H,5,7,9-10H2,1-4H3. The van der Waals surface area contributed by atoms with Crippen LogP contribution in [0.2, 0.25) is 0 Å². The number of aliphatic hydroxyl groups is 1. The van der Waals surface area contributed by atoms with E-state index in [0.717, 1.165) is 30.9 Å². The number of rotatable bonds is 3. The number of hydrogen-bond acceptors (Lipinski definition) is 2. The first-order valence-corrected chi connectivity index (χ1v) is 7.17. The summed E-state index contributed by atoms with van der Waals surface area (Å²) in [5.41, 5.74) is 0.468. The summed E-state index contributed by atoms with van der Waals surface area (Å²) in [4.78, 5) is 0. The molecule has 1 aliphatic carbocycles. The first-order chi connectivity index (χ1) is 8.40. The Bertz CT molecular complexity index is 399. The Hall–Kier alpha value is -0.830. The zero-order valence-electron chi connectivity index (χ0n) is 12.1. The van der Waals surface area contributed by atoms with Crippen LogP contribution in [0.5, 0.6) is 0 Å². The van der Waals surface area contributed by atoms with Crippen molar-refractivity contribution in [3.05, 3.63) is 18.0 Å². The van der Waals surface area contributed by atoms with E-state index in [1.807, 2.05) is 16.9 Å². The van der Waals surface area contributed by atoms with Gasteiger partial charge in [-0.25, -0.2) is 0 Å². The van der Waals surface area contributed by atoms with Crippen molar-refractivity contribution in [1.29, 1.82) is 0 Å². The third-order valence-corrected chi connectivity index (χ3v) is 4.42. The predicted molar refractivity (Wildman–Crippen MR) is 73.4 cm³/mol. The van der Waals surface area contributed by atoms with Crippen LogP contribution >= 0.6 is 0 Å². The lowest BCUT2D eigenvalue weighted by Crippen LogP contribution is -2.43. The molecule has 102 valence electrons. The molecular weight excluding hydrogens is 224 g/mol. The van der Waals surface area contributed by atoms with Crippen LogP contribution in [0.25, 0.3) is 0 Å². The highest BCUT2D eigenvalue weighted by Gasteiger charge is 2.38. The van der Waals surface area contributed by atoms with Crippen LogP contribution in [-0.2, 0) is 6.42 Å². The predicted octanol–water partition coefficient (Wildman–Crippen LogP) is 3.19. The molecular formula is C15H26N2O. The molecule has 1 aromatic heterocycles. The summed E-state index contributed by atoms with van der Waals surface area (Å²) in [5, 5.41) is 15.4. The molecule has 0 amide bonds. The molecule has 0 spiro atoms. The first-order valence-electron chi connectivity index (χ1n) is 7.17. The van der Waals surface area contributed by atoms with E-state index >= 15 is 0 Å². The average Bonchev–Trinajstić information content (AvgIpc) is 2.73. The second-order valence-electron chi connectivity index (χ2n) is 6.44. The maximum Gasteiger partial charge on any atom is 0.0729 e.